The van der Waals surface area contributed by atoms with Gasteiger partial charge in [0.25, 0.3) is 0 Å². The molecule has 0 spiro atoms. The van der Waals surface area contributed by atoms with Crippen molar-refractivity contribution in [2.24, 2.45) is 0 Å². The SMILES string of the molecule is CC(C)(O)c1nc2cc(F)c(F)cc2n1CC(=O)O. The lowest BCUT2D eigenvalue weighted by atomic mass is 10.1. The molecule has 2 aromatic rings. The molecule has 2 rings (SSSR count). The number of fused-ring (bicyclic) bond motifs is 1. The maximum Gasteiger partial charge on any atom is 0.323 e. The second-order valence-corrected chi connectivity index (χ2v) is 4.73. The highest BCUT2D eigenvalue weighted by atomic mass is 19.2. The van der Waals surface area contributed by atoms with E-state index in [0.717, 1.165) is 16.7 Å². The highest BCUT2D eigenvalue weighted by molar-refractivity contribution is 5.79. The van der Waals surface area contributed by atoms with Gasteiger partial charge in [-0.05, 0) is 13.8 Å². The number of hydrogen-bond donors (Lipinski definition) is 2. The summed E-state index contributed by atoms with van der Waals surface area (Å²) in [4.78, 5) is 14.8. The van der Waals surface area contributed by atoms with Crippen LogP contribution in [-0.2, 0) is 16.9 Å². The van der Waals surface area contributed by atoms with Crippen molar-refractivity contribution in [1.82, 2.24) is 9.55 Å². The molecule has 0 aliphatic rings. The molecule has 0 saturated carbocycles. The second-order valence-electron chi connectivity index (χ2n) is 4.73. The Morgan fingerprint density at radius 1 is 1.37 bits per heavy atom. The third-order valence-electron chi connectivity index (χ3n) is 2.63. The van der Waals surface area contributed by atoms with Gasteiger partial charge in [0.05, 0.1) is 11.0 Å². The number of carboxylic acids is 1. The predicted octanol–water partition coefficient (Wildman–Crippen LogP) is 1.63. The lowest BCUT2D eigenvalue weighted by Crippen LogP contribution is -2.24. The van der Waals surface area contributed by atoms with Crippen molar-refractivity contribution in [3.05, 3.63) is 29.6 Å². The number of nitrogens with zero attached hydrogens (tertiary/aromatic N) is 2. The van der Waals surface area contributed by atoms with Gasteiger partial charge in [0.1, 0.15) is 18.0 Å². The van der Waals surface area contributed by atoms with E-state index in [9.17, 15) is 18.7 Å². The van der Waals surface area contributed by atoms with E-state index in [0.29, 0.717) is 0 Å². The van der Waals surface area contributed by atoms with E-state index < -0.39 is 29.7 Å². The highest BCUT2D eigenvalue weighted by Crippen LogP contribution is 2.26. The van der Waals surface area contributed by atoms with Crippen molar-refractivity contribution in [3.8, 4) is 0 Å². The summed E-state index contributed by atoms with van der Waals surface area (Å²) in [6.07, 6.45) is 0. The first-order valence-electron chi connectivity index (χ1n) is 5.50. The minimum atomic E-state index is -1.43. The average Bonchev–Trinajstić information content (AvgIpc) is 2.57. The molecule has 2 N–H and O–H groups in total. The third kappa shape index (κ3) is 2.41. The summed E-state index contributed by atoms with van der Waals surface area (Å²) in [5.41, 5.74) is -1.21. The van der Waals surface area contributed by atoms with Crippen LogP contribution in [0.3, 0.4) is 0 Å². The molecule has 0 unspecified atom stereocenters. The Labute approximate surface area is 107 Å². The van der Waals surface area contributed by atoms with Gasteiger partial charge < -0.3 is 14.8 Å². The zero-order valence-electron chi connectivity index (χ0n) is 10.3. The molecule has 0 aliphatic heterocycles. The van der Waals surface area contributed by atoms with E-state index in [2.05, 4.69) is 4.98 Å². The zero-order valence-corrected chi connectivity index (χ0v) is 10.3. The number of benzene rings is 1. The Kier molecular flexibility index (Phi) is 3.01. The van der Waals surface area contributed by atoms with Crippen molar-refractivity contribution in [2.75, 3.05) is 0 Å². The van der Waals surface area contributed by atoms with E-state index in [1.54, 1.807) is 0 Å². The molecule has 0 fully saturated rings. The third-order valence-corrected chi connectivity index (χ3v) is 2.63. The zero-order chi connectivity index (χ0) is 14.4. The Balaban J connectivity index is 2.77. The summed E-state index contributed by atoms with van der Waals surface area (Å²) in [5, 5.41) is 18.8. The summed E-state index contributed by atoms with van der Waals surface area (Å²) < 4.78 is 27.5. The van der Waals surface area contributed by atoms with Crippen molar-refractivity contribution in [3.63, 3.8) is 0 Å². The lowest BCUT2D eigenvalue weighted by Gasteiger charge is -2.17. The van der Waals surface area contributed by atoms with E-state index in [4.69, 9.17) is 5.11 Å². The number of aromatic nitrogens is 2. The van der Waals surface area contributed by atoms with Gasteiger partial charge in [-0.2, -0.15) is 0 Å². The van der Waals surface area contributed by atoms with E-state index >= 15 is 0 Å². The molecule has 5 nitrogen and oxygen atoms in total. The largest absolute Gasteiger partial charge is 0.480 e. The molecule has 1 heterocycles. The van der Waals surface area contributed by atoms with Crippen LogP contribution in [0.2, 0.25) is 0 Å². The van der Waals surface area contributed by atoms with Gasteiger partial charge in [0, 0.05) is 12.1 Å². The molecule has 19 heavy (non-hydrogen) atoms. The quantitative estimate of drug-likeness (QED) is 0.888. The van der Waals surface area contributed by atoms with Crippen LogP contribution in [0.4, 0.5) is 8.78 Å². The van der Waals surface area contributed by atoms with E-state index in [1.807, 2.05) is 0 Å². The molecule has 0 aliphatic carbocycles. The smallest absolute Gasteiger partial charge is 0.323 e. The maximum atomic E-state index is 13.2. The number of hydrogen-bond acceptors (Lipinski definition) is 3. The lowest BCUT2D eigenvalue weighted by molar-refractivity contribution is -0.137. The summed E-state index contributed by atoms with van der Waals surface area (Å²) in [6, 6.07) is 1.74. The number of aliphatic hydroxyl groups is 1. The standard InChI is InChI=1S/C12H12F2N2O3/c1-12(2,19)11-15-8-3-6(13)7(14)4-9(8)16(11)5-10(17)18/h3-4,19H,5H2,1-2H3,(H,17,18). The Hall–Kier alpha value is -2.02. The summed E-state index contributed by atoms with van der Waals surface area (Å²) in [6.45, 7) is 2.33. The fourth-order valence-electron chi connectivity index (χ4n) is 1.88. The normalized spacial score (nSPS) is 12.1. The summed E-state index contributed by atoms with van der Waals surface area (Å²) in [5.74, 6) is -3.31. The molecule has 0 saturated heterocycles. The number of carboxylic acid groups (broad SMARTS) is 1. The predicted molar refractivity (Wildman–Crippen MR) is 62.5 cm³/mol. The first-order valence-corrected chi connectivity index (χ1v) is 5.50. The first kappa shape index (κ1) is 13.4. The number of carbonyl (C=O) groups is 1. The van der Waals surface area contributed by atoms with E-state index in [1.165, 1.54) is 13.8 Å². The Morgan fingerprint density at radius 2 is 1.95 bits per heavy atom. The van der Waals surface area contributed by atoms with Crippen LogP contribution < -0.4 is 0 Å². The number of imidazole rings is 1. The second kappa shape index (κ2) is 4.27. The minimum absolute atomic E-state index is 0.0369. The van der Waals surface area contributed by atoms with Gasteiger partial charge >= 0.3 is 5.97 Å². The van der Waals surface area contributed by atoms with Crippen molar-refractivity contribution >= 4 is 17.0 Å². The molecule has 0 radical (unpaired) electrons. The van der Waals surface area contributed by atoms with Crippen LogP contribution >= 0.6 is 0 Å². The summed E-state index contributed by atoms with van der Waals surface area (Å²) in [7, 11) is 0. The molecule has 0 atom stereocenters. The van der Waals surface area contributed by atoms with Gasteiger partial charge in [-0.25, -0.2) is 13.8 Å². The molecule has 0 bridgehead atoms. The average molecular weight is 270 g/mol. The number of halogens is 2. The molecular formula is C12H12F2N2O3. The minimum Gasteiger partial charge on any atom is -0.480 e. The van der Waals surface area contributed by atoms with Crippen LogP contribution in [0.25, 0.3) is 11.0 Å². The Bertz CT molecular complexity index is 659. The van der Waals surface area contributed by atoms with Gasteiger partial charge in [0.2, 0.25) is 0 Å². The molecule has 7 heteroatoms. The van der Waals surface area contributed by atoms with Crippen molar-refractivity contribution in [1.29, 1.82) is 0 Å². The number of rotatable bonds is 3. The molecule has 0 amide bonds. The van der Waals surface area contributed by atoms with Crippen LogP contribution in [0, 0.1) is 11.6 Å². The molecular weight excluding hydrogens is 258 g/mol. The van der Waals surface area contributed by atoms with Gasteiger partial charge in [-0.1, -0.05) is 0 Å². The van der Waals surface area contributed by atoms with Crippen LogP contribution in [-0.4, -0.2) is 25.7 Å². The topological polar surface area (TPSA) is 75.4 Å². The van der Waals surface area contributed by atoms with Crippen LogP contribution in [0.5, 0.6) is 0 Å². The molecule has 102 valence electrons. The van der Waals surface area contributed by atoms with Crippen LogP contribution in [0.15, 0.2) is 12.1 Å². The molecule has 1 aromatic heterocycles. The van der Waals surface area contributed by atoms with Crippen molar-refractivity contribution < 1.29 is 23.8 Å². The maximum absolute atomic E-state index is 13.2. The van der Waals surface area contributed by atoms with Gasteiger partial charge in [0.15, 0.2) is 11.6 Å². The monoisotopic (exact) mass is 270 g/mol. The summed E-state index contributed by atoms with van der Waals surface area (Å²) >= 11 is 0. The van der Waals surface area contributed by atoms with Crippen molar-refractivity contribution in [2.45, 2.75) is 26.0 Å². The highest BCUT2D eigenvalue weighted by Gasteiger charge is 2.26. The van der Waals surface area contributed by atoms with Gasteiger partial charge in [-0.3, -0.25) is 4.79 Å². The fraction of sp³-hybridized carbons (Fsp3) is 0.333. The first-order chi connectivity index (χ1) is 8.70. The molecule has 1 aromatic carbocycles. The number of aliphatic carboxylic acids is 1. The van der Waals surface area contributed by atoms with E-state index in [-0.39, 0.29) is 16.9 Å². The van der Waals surface area contributed by atoms with Crippen LogP contribution in [0.1, 0.15) is 19.7 Å². The van der Waals surface area contributed by atoms with Gasteiger partial charge in [-0.15, -0.1) is 0 Å². The fourth-order valence-corrected chi connectivity index (χ4v) is 1.88. The Morgan fingerprint density at radius 3 is 2.47 bits per heavy atom.